The summed E-state index contributed by atoms with van der Waals surface area (Å²) >= 11 is 0.759. The summed E-state index contributed by atoms with van der Waals surface area (Å²) in [5.41, 5.74) is 0.509. The number of halogens is 2. The molecule has 1 aliphatic carbocycles. The molecule has 2 fully saturated rings. The smallest absolute Gasteiger partial charge is 0.285 e. The van der Waals surface area contributed by atoms with Gasteiger partial charge in [0.05, 0.1) is 4.91 Å². The van der Waals surface area contributed by atoms with Gasteiger partial charge < -0.3 is 0 Å². The van der Waals surface area contributed by atoms with Crippen molar-refractivity contribution < 1.29 is 27.8 Å². The van der Waals surface area contributed by atoms with Gasteiger partial charge in [-0.05, 0) is 29.5 Å². The standard InChI is InChI=1S/C11H7F2NO4S/c12-11(13)17-6-2-1-5(3-7(6)18-11)4-8-9(15)14-10(16)19-8/h1-4,6-7H,(H,14,15,16)/b8-4-. The highest BCUT2D eigenvalue weighted by Crippen LogP contribution is 2.36. The van der Waals surface area contributed by atoms with E-state index in [-0.39, 0.29) is 4.91 Å². The second-order valence-corrected chi connectivity index (χ2v) is 5.02. The summed E-state index contributed by atoms with van der Waals surface area (Å²) in [5, 5.41) is 1.65. The molecule has 0 saturated carbocycles. The molecule has 0 bridgehead atoms. The molecule has 0 aromatic heterocycles. The molecule has 3 rings (SSSR count). The first-order chi connectivity index (χ1) is 8.93. The molecule has 2 saturated heterocycles. The van der Waals surface area contributed by atoms with Gasteiger partial charge in [0.15, 0.2) is 0 Å². The predicted octanol–water partition coefficient (Wildman–Crippen LogP) is 1.68. The van der Waals surface area contributed by atoms with E-state index in [0.29, 0.717) is 5.57 Å². The number of carbonyl (C=O) groups excluding carboxylic acids is 2. The van der Waals surface area contributed by atoms with Crippen molar-refractivity contribution in [3.63, 3.8) is 0 Å². The molecule has 19 heavy (non-hydrogen) atoms. The zero-order valence-corrected chi connectivity index (χ0v) is 10.1. The molecular weight excluding hydrogens is 280 g/mol. The molecule has 0 radical (unpaired) electrons. The number of carbonyl (C=O) groups is 2. The Morgan fingerprint density at radius 2 is 2.05 bits per heavy atom. The van der Waals surface area contributed by atoms with Crippen molar-refractivity contribution in [1.29, 1.82) is 0 Å². The van der Waals surface area contributed by atoms with Crippen molar-refractivity contribution in [3.8, 4) is 0 Å². The van der Waals surface area contributed by atoms with Gasteiger partial charge in [-0.25, -0.2) is 0 Å². The number of fused-ring (bicyclic) bond motifs is 1. The lowest BCUT2D eigenvalue weighted by atomic mass is 10.0. The molecule has 0 aromatic rings. The van der Waals surface area contributed by atoms with Crippen molar-refractivity contribution >= 4 is 22.9 Å². The SMILES string of the molecule is O=C1NC(=O)/C(=C/C2=CC3OC(F)(F)OC3C=C2)S1. The molecule has 5 nitrogen and oxygen atoms in total. The van der Waals surface area contributed by atoms with Crippen LogP contribution in [0.5, 0.6) is 0 Å². The lowest BCUT2D eigenvalue weighted by Crippen LogP contribution is -2.21. The van der Waals surface area contributed by atoms with Gasteiger partial charge in [-0.3, -0.25) is 24.4 Å². The molecule has 0 spiro atoms. The summed E-state index contributed by atoms with van der Waals surface area (Å²) in [6.45, 7) is 0. The van der Waals surface area contributed by atoms with E-state index < -0.39 is 29.6 Å². The Labute approximate surface area is 110 Å². The van der Waals surface area contributed by atoms with E-state index in [9.17, 15) is 18.4 Å². The maximum Gasteiger partial charge on any atom is 0.486 e. The van der Waals surface area contributed by atoms with Crippen LogP contribution >= 0.6 is 11.8 Å². The first-order valence-corrected chi connectivity index (χ1v) is 6.13. The van der Waals surface area contributed by atoms with E-state index in [1.807, 2.05) is 0 Å². The highest BCUT2D eigenvalue weighted by Gasteiger charge is 2.48. The van der Waals surface area contributed by atoms with Crippen LogP contribution in [0.1, 0.15) is 0 Å². The quantitative estimate of drug-likeness (QED) is 0.743. The minimum absolute atomic E-state index is 0.213. The number of amides is 2. The van der Waals surface area contributed by atoms with Gasteiger partial charge in [0.25, 0.3) is 11.1 Å². The van der Waals surface area contributed by atoms with Gasteiger partial charge >= 0.3 is 6.29 Å². The third kappa shape index (κ3) is 2.46. The monoisotopic (exact) mass is 287 g/mol. The maximum absolute atomic E-state index is 12.9. The molecule has 1 N–H and O–H groups in total. The molecular formula is C11H7F2NO4S. The zero-order valence-electron chi connectivity index (χ0n) is 9.26. The molecule has 2 aliphatic heterocycles. The summed E-state index contributed by atoms with van der Waals surface area (Å²) in [7, 11) is 0. The van der Waals surface area contributed by atoms with Crippen LogP contribution in [0.2, 0.25) is 0 Å². The fraction of sp³-hybridized carbons (Fsp3) is 0.273. The second-order valence-electron chi connectivity index (χ2n) is 4.01. The number of rotatable bonds is 1. The fourth-order valence-corrected chi connectivity index (χ4v) is 2.56. The topological polar surface area (TPSA) is 64.6 Å². The molecule has 100 valence electrons. The molecule has 8 heteroatoms. The molecule has 2 atom stereocenters. The van der Waals surface area contributed by atoms with Crippen LogP contribution in [0.4, 0.5) is 13.6 Å². The van der Waals surface area contributed by atoms with E-state index in [1.54, 1.807) is 0 Å². The number of ether oxygens (including phenoxy) is 2. The maximum atomic E-state index is 12.9. The summed E-state index contributed by atoms with van der Waals surface area (Å²) in [4.78, 5) is 22.5. The van der Waals surface area contributed by atoms with Crippen molar-refractivity contribution in [2.75, 3.05) is 0 Å². The van der Waals surface area contributed by atoms with E-state index in [4.69, 9.17) is 0 Å². The third-order valence-corrected chi connectivity index (χ3v) is 3.46. The average Bonchev–Trinajstić information content (AvgIpc) is 2.76. The van der Waals surface area contributed by atoms with Crippen LogP contribution in [0.15, 0.2) is 34.8 Å². The van der Waals surface area contributed by atoms with Gasteiger partial charge in [-0.1, -0.05) is 12.2 Å². The molecule has 0 aromatic carbocycles. The number of nitrogens with one attached hydrogen (secondary N) is 1. The van der Waals surface area contributed by atoms with Gasteiger partial charge in [-0.15, -0.1) is 8.78 Å². The first kappa shape index (κ1) is 12.5. The number of allylic oxidation sites excluding steroid dienone is 3. The summed E-state index contributed by atoms with van der Waals surface area (Å²) in [6, 6.07) is 0. The van der Waals surface area contributed by atoms with Crippen LogP contribution in [0.25, 0.3) is 0 Å². The minimum atomic E-state index is -3.60. The number of hydrogen-bond donors (Lipinski definition) is 1. The van der Waals surface area contributed by atoms with Gasteiger partial charge in [0, 0.05) is 0 Å². The summed E-state index contributed by atoms with van der Waals surface area (Å²) in [6.07, 6.45) is 0.481. The largest absolute Gasteiger partial charge is 0.486 e. The van der Waals surface area contributed by atoms with Crippen LogP contribution in [-0.2, 0) is 14.3 Å². The van der Waals surface area contributed by atoms with Crippen LogP contribution in [0, 0.1) is 0 Å². The number of imide groups is 1. The van der Waals surface area contributed by atoms with E-state index in [2.05, 4.69) is 14.8 Å². The average molecular weight is 287 g/mol. The summed E-state index contributed by atoms with van der Waals surface area (Å²) in [5.74, 6) is -0.500. The van der Waals surface area contributed by atoms with Crippen molar-refractivity contribution in [2.24, 2.45) is 0 Å². The highest BCUT2D eigenvalue weighted by molar-refractivity contribution is 8.18. The van der Waals surface area contributed by atoms with E-state index >= 15 is 0 Å². The van der Waals surface area contributed by atoms with Crippen LogP contribution in [-0.4, -0.2) is 29.6 Å². The molecule has 2 unspecified atom stereocenters. The highest BCUT2D eigenvalue weighted by atomic mass is 32.2. The Balaban J connectivity index is 1.81. The first-order valence-electron chi connectivity index (χ1n) is 5.31. The predicted molar refractivity (Wildman–Crippen MR) is 61.1 cm³/mol. The Morgan fingerprint density at radius 3 is 2.74 bits per heavy atom. The van der Waals surface area contributed by atoms with Crippen LogP contribution < -0.4 is 5.32 Å². The molecule has 3 aliphatic rings. The number of alkyl halides is 2. The van der Waals surface area contributed by atoms with Gasteiger partial charge in [-0.2, -0.15) is 0 Å². The van der Waals surface area contributed by atoms with E-state index in [0.717, 1.165) is 11.8 Å². The Bertz CT molecular complexity index is 555. The lowest BCUT2D eigenvalue weighted by molar-refractivity contribution is -0.347. The van der Waals surface area contributed by atoms with Crippen molar-refractivity contribution in [1.82, 2.24) is 5.32 Å². The van der Waals surface area contributed by atoms with Crippen molar-refractivity contribution in [3.05, 3.63) is 34.8 Å². The number of thioether (sulfide) groups is 1. The zero-order chi connectivity index (χ0) is 13.6. The number of hydrogen-bond acceptors (Lipinski definition) is 5. The molecule has 2 amide bonds. The fourth-order valence-electron chi connectivity index (χ4n) is 1.88. The van der Waals surface area contributed by atoms with Crippen molar-refractivity contribution in [2.45, 2.75) is 18.5 Å². The van der Waals surface area contributed by atoms with Gasteiger partial charge in [0.2, 0.25) is 0 Å². The normalized spacial score (nSPS) is 34.4. The Kier molecular flexibility index (Phi) is 2.80. The Hall–Kier alpha value is -1.51. The lowest BCUT2D eigenvalue weighted by Gasteiger charge is -2.13. The summed E-state index contributed by atoms with van der Waals surface area (Å²) < 4.78 is 34.5. The van der Waals surface area contributed by atoms with Crippen LogP contribution in [0.3, 0.4) is 0 Å². The second kappa shape index (κ2) is 4.26. The molecule has 2 heterocycles. The Morgan fingerprint density at radius 1 is 1.32 bits per heavy atom. The third-order valence-electron chi connectivity index (χ3n) is 2.65. The van der Waals surface area contributed by atoms with E-state index in [1.165, 1.54) is 24.3 Å². The van der Waals surface area contributed by atoms with Gasteiger partial charge in [0.1, 0.15) is 12.2 Å². The minimum Gasteiger partial charge on any atom is -0.285 e.